The van der Waals surface area contributed by atoms with E-state index in [9.17, 15) is 35.4 Å². The standard InChI is InChI=1S/C30H44O11/c1-19-11-5-2-9-15-22-26(34)23(40-22)17-20(32)12-6-3-7-13-21(14-8-4-10-16-25(33)38-19)39-30-29(37)28(36)27(35)24(18-31)41-30/h3-4,6-10,13,15-16,19-24,26-32,34-37H,2,5,11-12,14,17-18H2,1H3. The minimum atomic E-state index is -1.57. The molecule has 0 saturated carbocycles. The maximum Gasteiger partial charge on any atom is 0.331 e. The summed E-state index contributed by atoms with van der Waals surface area (Å²) in [5, 5.41) is 60.6. The van der Waals surface area contributed by atoms with Crippen molar-refractivity contribution in [1.82, 2.24) is 0 Å². The molecule has 2 bridgehead atoms. The molecule has 2 saturated heterocycles. The number of esters is 1. The predicted molar refractivity (Wildman–Crippen MR) is 148 cm³/mol. The summed E-state index contributed by atoms with van der Waals surface area (Å²) in [6, 6.07) is 0. The van der Waals surface area contributed by atoms with Crippen LogP contribution in [0, 0.1) is 0 Å². The van der Waals surface area contributed by atoms with Gasteiger partial charge in [-0.1, -0.05) is 54.7 Å². The Morgan fingerprint density at radius 3 is 2.39 bits per heavy atom. The molecule has 41 heavy (non-hydrogen) atoms. The number of fused-ring (bicyclic) bond motifs is 15. The van der Waals surface area contributed by atoms with E-state index in [0.29, 0.717) is 25.7 Å². The second kappa shape index (κ2) is 17.1. The second-order valence-electron chi connectivity index (χ2n) is 10.6. The largest absolute Gasteiger partial charge is 0.460 e. The van der Waals surface area contributed by atoms with Gasteiger partial charge in [0.1, 0.15) is 36.6 Å². The lowest BCUT2D eigenvalue weighted by atomic mass is 9.94. The molecule has 2 fully saturated rings. The van der Waals surface area contributed by atoms with Gasteiger partial charge in [0.2, 0.25) is 0 Å². The van der Waals surface area contributed by atoms with Crippen LogP contribution in [-0.4, -0.2) is 111 Å². The van der Waals surface area contributed by atoms with E-state index in [4.69, 9.17) is 18.9 Å². The van der Waals surface area contributed by atoms with E-state index in [0.717, 1.165) is 12.8 Å². The van der Waals surface area contributed by atoms with Crippen LogP contribution in [0.25, 0.3) is 0 Å². The highest BCUT2D eigenvalue weighted by Gasteiger charge is 2.44. The first-order valence-corrected chi connectivity index (χ1v) is 14.2. The van der Waals surface area contributed by atoms with E-state index in [2.05, 4.69) is 0 Å². The monoisotopic (exact) mass is 580 g/mol. The van der Waals surface area contributed by atoms with Gasteiger partial charge in [0.25, 0.3) is 0 Å². The number of aliphatic hydroxyl groups is 6. The number of allylic oxidation sites excluding steroid dienone is 5. The highest BCUT2D eigenvalue weighted by molar-refractivity contribution is 5.82. The molecule has 11 heteroatoms. The SMILES string of the molecule is CC1CCCC=CC2OC(CC(O)CC=CC=CC(OC3OC(CO)C(O)C(O)C3O)CC=CC=CC(=O)O1)C2O. The zero-order valence-corrected chi connectivity index (χ0v) is 23.3. The first-order chi connectivity index (χ1) is 19.7. The molecule has 230 valence electrons. The zero-order chi connectivity index (χ0) is 29.8. The third-order valence-corrected chi connectivity index (χ3v) is 7.16. The second-order valence-corrected chi connectivity index (χ2v) is 10.6. The van der Waals surface area contributed by atoms with Crippen LogP contribution in [0.15, 0.2) is 60.8 Å². The van der Waals surface area contributed by atoms with Gasteiger partial charge in [-0.15, -0.1) is 0 Å². The van der Waals surface area contributed by atoms with Gasteiger partial charge in [-0.25, -0.2) is 4.79 Å². The Bertz CT molecular complexity index is 943. The summed E-state index contributed by atoms with van der Waals surface area (Å²) in [6.07, 6.45) is 9.88. The molecular weight excluding hydrogens is 536 g/mol. The van der Waals surface area contributed by atoms with Crippen LogP contribution >= 0.6 is 0 Å². The van der Waals surface area contributed by atoms with Crippen molar-refractivity contribution in [2.75, 3.05) is 6.61 Å². The van der Waals surface area contributed by atoms with Crippen molar-refractivity contribution >= 4 is 5.97 Å². The van der Waals surface area contributed by atoms with Crippen molar-refractivity contribution in [3.8, 4) is 0 Å². The number of ether oxygens (including phenoxy) is 4. The Hall–Kier alpha value is -2.19. The molecule has 0 aliphatic carbocycles. The van der Waals surface area contributed by atoms with Crippen LogP contribution in [0.3, 0.4) is 0 Å². The average Bonchev–Trinajstić information content (AvgIpc) is 2.94. The molecule has 4 aliphatic heterocycles. The first kappa shape index (κ1) is 33.3. The Balaban J connectivity index is 1.67. The molecule has 11 unspecified atom stereocenters. The molecule has 11 nitrogen and oxygen atoms in total. The van der Waals surface area contributed by atoms with Crippen molar-refractivity contribution in [2.45, 2.75) is 113 Å². The Labute approximate surface area is 240 Å². The molecule has 6 N–H and O–H groups in total. The number of hydrogen-bond acceptors (Lipinski definition) is 11. The highest BCUT2D eigenvalue weighted by atomic mass is 16.7. The van der Waals surface area contributed by atoms with Gasteiger partial charge in [-0.05, 0) is 39.0 Å². The van der Waals surface area contributed by atoms with Crippen LogP contribution in [0.2, 0.25) is 0 Å². The van der Waals surface area contributed by atoms with E-state index in [1.165, 1.54) is 6.08 Å². The van der Waals surface area contributed by atoms with E-state index in [1.54, 1.807) is 42.5 Å². The summed E-state index contributed by atoms with van der Waals surface area (Å²) >= 11 is 0. The summed E-state index contributed by atoms with van der Waals surface area (Å²) in [4.78, 5) is 12.1. The highest BCUT2D eigenvalue weighted by Crippen LogP contribution is 2.27. The van der Waals surface area contributed by atoms with Crippen molar-refractivity contribution < 1.29 is 54.4 Å². The number of rotatable bonds is 3. The Morgan fingerprint density at radius 1 is 0.878 bits per heavy atom. The van der Waals surface area contributed by atoms with Gasteiger partial charge in [-0.2, -0.15) is 0 Å². The third-order valence-electron chi connectivity index (χ3n) is 7.16. The summed E-state index contributed by atoms with van der Waals surface area (Å²) < 4.78 is 22.4. The summed E-state index contributed by atoms with van der Waals surface area (Å²) in [5.41, 5.74) is 0. The van der Waals surface area contributed by atoms with Crippen LogP contribution in [0.1, 0.15) is 45.4 Å². The van der Waals surface area contributed by atoms with Gasteiger partial charge >= 0.3 is 5.97 Å². The molecule has 0 aromatic rings. The van der Waals surface area contributed by atoms with Crippen LogP contribution in [-0.2, 0) is 23.7 Å². The van der Waals surface area contributed by atoms with E-state index < -0.39 is 73.8 Å². The number of aliphatic hydroxyl groups excluding tert-OH is 6. The lowest BCUT2D eigenvalue weighted by molar-refractivity contribution is -0.307. The fraction of sp³-hybridized carbons (Fsp3) is 0.633. The fourth-order valence-corrected chi connectivity index (χ4v) is 4.71. The molecular formula is C30H44O11. The van der Waals surface area contributed by atoms with E-state index >= 15 is 0 Å². The maximum atomic E-state index is 12.1. The van der Waals surface area contributed by atoms with E-state index in [1.807, 2.05) is 19.1 Å². The normalized spacial score (nSPS) is 40.0. The number of carbonyl (C=O) groups is 1. The lowest BCUT2D eigenvalue weighted by Gasteiger charge is -2.41. The smallest absolute Gasteiger partial charge is 0.331 e. The molecule has 0 radical (unpaired) electrons. The first-order valence-electron chi connectivity index (χ1n) is 14.2. The van der Waals surface area contributed by atoms with Gasteiger partial charge in [0.05, 0.1) is 31.0 Å². The van der Waals surface area contributed by atoms with Gasteiger partial charge in [0, 0.05) is 12.5 Å². The molecule has 0 spiro atoms. The van der Waals surface area contributed by atoms with Crippen LogP contribution < -0.4 is 0 Å². The topological polar surface area (TPSA) is 175 Å². The molecule has 0 aromatic heterocycles. The zero-order valence-electron chi connectivity index (χ0n) is 23.3. The minimum Gasteiger partial charge on any atom is -0.460 e. The third kappa shape index (κ3) is 10.5. The number of carbonyl (C=O) groups excluding carboxylic acids is 1. The molecule has 0 aromatic carbocycles. The Kier molecular flexibility index (Phi) is 13.9. The number of hydrogen-bond donors (Lipinski definition) is 6. The minimum absolute atomic E-state index is 0.263. The van der Waals surface area contributed by atoms with Crippen LogP contribution in [0.4, 0.5) is 0 Å². The predicted octanol–water partition coefficient (Wildman–Crippen LogP) is 0.728. The van der Waals surface area contributed by atoms with Crippen molar-refractivity contribution in [3.05, 3.63) is 60.8 Å². The van der Waals surface area contributed by atoms with Gasteiger partial charge < -0.3 is 49.6 Å². The molecule has 0 amide bonds. The van der Waals surface area contributed by atoms with Crippen molar-refractivity contribution in [2.24, 2.45) is 0 Å². The molecule has 11 atom stereocenters. The van der Waals surface area contributed by atoms with Crippen LogP contribution in [0.5, 0.6) is 0 Å². The van der Waals surface area contributed by atoms with Crippen molar-refractivity contribution in [3.63, 3.8) is 0 Å². The summed E-state index contributed by atoms with van der Waals surface area (Å²) in [5.74, 6) is -0.467. The van der Waals surface area contributed by atoms with Gasteiger partial charge in [0.15, 0.2) is 6.29 Å². The average molecular weight is 581 g/mol. The Morgan fingerprint density at radius 2 is 1.63 bits per heavy atom. The maximum absolute atomic E-state index is 12.1. The molecule has 4 aliphatic rings. The van der Waals surface area contributed by atoms with Gasteiger partial charge in [-0.3, -0.25) is 0 Å². The fourth-order valence-electron chi connectivity index (χ4n) is 4.71. The lowest BCUT2D eigenvalue weighted by Crippen LogP contribution is -2.59. The summed E-state index contributed by atoms with van der Waals surface area (Å²) in [6.45, 7) is 1.25. The van der Waals surface area contributed by atoms with Crippen molar-refractivity contribution in [1.29, 1.82) is 0 Å². The molecule has 4 rings (SSSR count). The molecule has 4 heterocycles. The van der Waals surface area contributed by atoms with E-state index in [-0.39, 0.29) is 6.10 Å². The summed E-state index contributed by atoms with van der Waals surface area (Å²) in [7, 11) is 0. The quantitative estimate of drug-likeness (QED) is 0.205.